The van der Waals surface area contributed by atoms with Crippen molar-refractivity contribution in [3.8, 4) is 16.5 Å². The van der Waals surface area contributed by atoms with Crippen molar-refractivity contribution in [3.05, 3.63) is 35.7 Å². The number of ether oxygens (including phenoxy) is 1. The number of hydrogen-bond donors (Lipinski definition) is 0. The number of alkyl halides is 2. The third-order valence-electron chi connectivity index (χ3n) is 1.74. The Kier molecular flexibility index (Phi) is 2.91. The van der Waals surface area contributed by atoms with Gasteiger partial charge in [0.2, 0.25) is 0 Å². The van der Waals surface area contributed by atoms with Gasteiger partial charge in [0.1, 0.15) is 0 Å². The molecule has 78 valence electrons. The van der Waals surface area contributed by atoms with Crippen LogP contribution in [0.4, 0.5) is 8.78 Å². The lowest BCUT2D eigenvalue weighted by Gasteiger charge is -1.97. The number of halogens is 2. The molecule has 0 unspecified atom stereocenters. The fourth-order valence-electron chi connectivity index (χ4n) is 1.13. The van der Waals surface area contributed by atoms with Crippen LogP contribution in [0.3, 0.4) is 0 Å². The summed E-state index contributed by atoms with van der Waals surface area (Å²) >= 11 is 1.06. The molecular formula is C10H7F2NOS. The summed E-state index contributed by atoms with van der Waals surface area (Å²) < 4.78 is 27.9. The van der Waals surface area contributed by atoms with Crippen LogP contribution in [0.5, 0.6) is 5.19 Å². The van der Waals surface area contributed by atoms with Gasteiger partial charge in [0, 0.05) is 10.9 Å². The maximum absolute atomic E-state index is 11.9. The first-order valence-electron chi connectivity index (χ1n) is 4.21. The summed E-state index contributed by atoms with van der Waals surface area (Å²) in [6.45, 7) is -2.82. The number of hydrogen-bond acceptors (Lipinski definition) is 3. The van der Waals surface area contributed by atoms with Gasteiger partial charge >= 0.3 is 6.61 Å². The Morgan fingerprint density at radius 3 is 2.60 bits per heavy atom. The smallest absolute Gasteiger partial charge is 0.389 e. The van der Waals surface area contributed by atoms with Crippen LogP contribution in [0.25, 0.3) is 11.3 Å². The molecule has 0 amide bonds. The van der Waals surface area contributed by atoms with E-state index in [1.54, 1.807) is 5.38 Å². The molecule has 1 heterocycles. The largest absolute Gasteiger partial charge is 0.408 e. The number of aromatic nitrogens is 1. The van der Waals surface area contributed by atoms with Crippen LogP contribution in [0.1, 0.15) is 0 Å². The molecule has 0 radical (unpaired) electrons. The summed E-state index contributed by atoms with van der Waals surface area (Å²) in [5.74, 6) is 0. The average Bonchev–Trinajstić information content (AvgIpc) is 2.67. The second-order valence-corrected chi connectivity index (χ2v) is 3.56. The topological polar surface area (TPSA) is 22.1 Å². The van der Waals surface area contributed by atoms with E-state index in [4.69, 9.17) is 0 Å². The van der Waals surface area contributed by atoms with Gasteiger partial charge in [0.05, 0.1) is 5.69 Å². The van der Waals surface area contributed by atoms with Crippen LogP contribution in [0.2, 0.25) is 0 Å². The van der Waals surface area contributed by atoms with Crippen LogP contribution >= 0.6 is 11.3 Å². The summed E-state index contributed by atoms with van der Waals surface area (Å²) in [5, 5.41) is 1.68. The Bertz CT molecular complexity index is 430. The molecule has 2 aromatic rings. The summed E-state index contributed by atoms with van der Waals surface area (Å²) in [5.41, 5.74) is 1.54. The molecule has 0 aliphatic carbocycles. The summed E-state index contributed by atoms with van der Waals surface area (Å²) in [6.07, 6.45) is 0. The summed E-state index contributed by atoms with van der Waals surface area (Å²) in [6, 6.07) is 9.33. The van der Waals surface area contributed by atoms with Gasteiger partial charge in [-0.15, -0.1) is 0 Å². The lowest BCUT2D eigenvalue weighted by molar-refractivity contribution is -0.0498. The van der Waals surface area contributed by atoms with E-state index in [9.17, 15) is 8.78 Å². The molecule has 0 bridgehead atoms. The van der Waals surface area contributed by atoms with E-state index in [0.29, 0.717) is 5.69 Å². The lowest BCUT2D eigenvalue weighted by Crippen LogP contribution is -2.01. The predicted molar refractivity (Wildman–Crippen MR) is 54.2 cm³/mol. The third-order valence-corrected chi connectivity index (χ3v) is 2.47. The molecule has 0 spiro atoms. The van der Waals surface area contributed by atoms with E-state index >= 15 is 0 Å². The van der Waals surface area contributed by atoms with Gasteiger partial charge < -0.3 is 4.74 Å². The molecule has 0 aliphatic rings. The molecule has 2 nitrogen and oxygen atoms in total. The van der Waals surface area contributed by atoms with E-state index in [0.717, 1.165) is 16.9 Å². The van der Waals surface area contributed by atoms with Gasteiger partial charge in [0.25, 0.3) is 5.19 Å². The highest BCUT2D eigenvalue weighted by Crippen LogP contribution is 2.26. The molecule has 15 heavy (non-hydrogen) atoms. The first kappa shape index (κ1) is 10.0. The van der Waals surface area contributed by atoms with Crippen molar-refractivity contribution in [2.75, 3.05) is 0 Å². The second kappa shape index (κ2) is 4.35. The molecule has 1 aromatic carbocycles. The van der Waals surface area contributed by atoms with Crippen LogP contribution in [0.15, 0.2) is 35.7 Å². The van der Waals surface area contributed by atoms with Crippen molar-refractivity contribution in [1.29, 1.82) is 0 Å². The van der Waals surface area contributed by atoms with Crippen LogP contribution in [-0.2, 0) is 0 Å². The highest BCUT2D eigenvalue weighted by molar-refractivity contribution is 7.11. The van der Waals surface area contributed by atoms with Gasteiger partial charge in [-0.1, -0.05) is 41.7 Å². The van der Waals surface area contributed by atoms with Crippen molar-refractivity contribution in [2.24, 2.45) is 0 Å². The van der Waals surface area contributed by atoms with Gasteiger partial charge in [-0.2, -0.15) is 8.78 Å². The van der Waals surface area contributed by atoms with Crippen LogP contribution in [0, 0.1) is 0 Å². The monoisotopic (exact) mass is 227 g/mol. The highest BCUT2D eigenvalue weighted by Gasteiger charge is 2.09. The van der Waals surface area contributed by atoms with E-state index in [1.807, 2.05) is 30.3 Å². The first-order valence-corrected chi connectivity index (χ1v) is 5.09. The maximum atomic E-state index is 11.9. The Balaban J connectivity index is 2.21. The molecule has 2 rings (SSSR count). The van der Waals surface area contributed by atoms with E-state index in [-0.39, 0.29) is 5.19 Å². The molecule has 0 saturated heterocycles. The van der Waals surface area contributed by atoms with Crippen molar-refractivity contribution in [1.82, 2.24) is 4.98 Å². The molecule has 0 aliphatic heterocycles. The number of rotatable bonds is 3. The Labute approximate surface area is 89.2 Å². The minimum absolute atomic E-state index is 0.0103. The Morgan fingerprint density at radius 1 is 1.20 bits per heavy atom. The van der Waals surface area contributed by atoms with Crippen LogP contribution in [-0.4, -0.2) is 11.6 Å². The van der Waals surface area contributed by atoms with E-state index in [1.165, 1.54) is 0 Å². The minimum atomic E-state index is -2.82. The van der Waals surface area contributed by atoms with Gasteiger partial charge in [-0.25, -0.2) is 4.98 Å². The van der Waals surface area contributed by atoms with Gasteiger partial charge in [0.15, 0.2) is 0 Å². The van der Waals surface area contributed by atoms with Crippen LogP contribution < -0.4 is 4.74 Å². The van der Waals surface area contributed by atoms with Crippen molar-refractivity contribution in [3.63, 3.8) is 0 Å². The average molecular weight is 227 g/mol. The second-order valence-electron chi connectivity index (χ2n) is 2.74. The number of thiazole rings is 1. The highest BCUT2D eigenvalue weighted by atomic mass is 32.1. The normalized spacial score (nSPS) is 10.6. The predicted octanol–water partition coefficient (Wildman–Crippen LogP) is 3.41. The van der Waals surface area contributed by atoms with Gasteiger partial charge in [-0.3, -0.25) is 0 Å². The molecule has 0 saturated carbocycles. The zero-order valence-corrected chi connectivity index (χ0v) is 8.38. The fourth-order valence-corrected chi connectivity index (χ4v) is 1.81. The van der Waals surface area contributed by atoms with Crippen molar-refractivity contribution < 1.29 is 13.5 Å². The Morgan fingerprint density at radius 2 is 1.93 bits per heavy atom. The molecule has 0 atom stereocenters. The zero-order valence-electron chi connectivity index (χ0n) is 7.56. The molecule has 1 aromatic heterocycles. The van der Waals surface area contributed by atoms with Crippen molar-refractivity contribution >= 4 is 11.3 Å². The maximum Gasteiger partial charge on any atom is 0.389 e. The molecular weight excluding hydrogens is 220 g/mol. The number of nitrogens with zero attached hydrogens (tertiary/aromatic N) is 1. The minimum Gasteiger partial charge on any atom is -0.408 e. The zero-order chi connectivity index (χ0) is 10.7. The lowest BCUT2D eigenvalue weighted by atomic mass is 10.2. The molecule has 5 heteroatoms. The third kappa shape index (κ3) is 2.50. The first-order chi connectivity index (χ1) is 7.25. The molecule has 0 fully saturated rings. The van der Waals surface area contributed by atoms with E-state index in [2.05, 4.69) is 9.72 Å². The Hall–Kier alpha value is -1.49. The van der Waals surface area contributed by atoms with Gasteiger partial charge in [-0.05, 0) is 0 Å². The quantitative estimate of drug-likeness (QED) is 0.801. The summed E-state index contributed by atoms with van der Waals surface area (Å²) in [7, 11) is 0. The SMILES string of the molecule is FC(F)Oc1nc(-c2ccccc2)cs1. The standard InChI is InChI=1S/C10H7F2NOS/c11-9(12)14-10-13-8(6-15-10)7-4-2-1-3-5-7/h1-6,9H. The molecule has 0 N–H and O–H groups in total. The number of benzene rings is 1. The fraction of sp³-hybridized carbons (Fsp3) is 0.100. The van der Waals surface area contributed by atoms with E-state index < -0.39 is 6.61 Å². The van der Waals surface area contributed by atoms with Crippen molar-refractivity contribution in [2.45, 2.75) is 6.61 Å². The summed E-state index contributed by atoms with van der Waals surface area (Å²) in [4.78, 5) is 3.94.